The van der Waals surface area contributed by atoms with E-state index < -0.39 is 10.0 Å². The van der Waals surface area contributed by atoms with Gasteiger partial charge in [0, 0.05) is 8.59 Å². The van der Waals surface area contributed by atoms with Crippen LogP contribution in [-0.4, -0.2) is 13.7 Å². The highest BCUT2D eigenvalue weighted by Gasteiger charge is 2.28. The van der Waals surface area contributed by atoms with Crippen LogP contribution in [0.5, 0.6) is 0 Å². The SMILES string of the molecule is O=S(=O)(Nc1ccc(Cl)cc1I)C1CCCC1. The van der Waals surface area contributed by atoms with Crippen molar-refractivity contribution in [2.75, 3.05) is 4.72 Å². The first-order valence-corrected chi connectivity index (χ1v) is 8.46. The summed E-state index contributed by atoms with van der Waals surface area (Å²) in [6.45, 7) is 0. The van der Waals surface area contributed by atoms with Gasteiger partial charge in [-0.2, -0.15) is 0 Å². The van der Waals surface area contributed by atoms with E-state index in [-0.39, 0.29) is 5.25 Å². The summed E-state index contributed by atoms with van der Waals surface area (Å²) in [6.07, 6.45) is 3.53. The van der Waals surface area contributed by atoms with E-state index in [1.807, 2.05) is 0 Å². The van der Waals surface area contributed by atoms with Crippen LogP contribution in [0.1, 0.15) is 25.7 Å². The Morgan fingerprint density at radius 3 is 2.53 bits per heavy atom. The van der Waals surface area contributed by atoms with E-state index in [4.69, 9.17) is 11.6 Å². The molecule has 0 amide bonds. The van der Waals surface area contributed by atoms with Crippen LogP contribution in [0.25, 0.3) is 0 Å². The molecule has 0 spiro atoms. The van der Waals surface area contributed by atoms with E-state index in [0.29, 0.717) is 10.7 Å². The average molecular weight is 386 g/mol. The van der Waals surface area contributed by atoms with Gasteiger partial charge in [-0.25, -0.2) is 8.42 Å². The molecule has 17 heavy (non-hydrogen) atoms. The number of benzene rings is 1. The topological polar surface area (TPSA) is 46.2 Å². The lowest BCUT2D eigenvalue weighted by atomic mass is 10.3. The van der Waals surface area contributed by atoms with Crippen LogP contribution >= 0.6 is 34.2 Å². The standard InChI is InChI=1S/C11H13ClINO2S/c12-8-5-6-11(10(13)7-8)14-17(15,16)9-3-1-2-4-9/h5-7,9,14H,1-4H2. The summed E-state index contributed by atoms with van der Waals surface area (Å²) in [5, 5.41) is 0.368. The van der Waals surface area contributed by atoms with Crippen molar-refractivity contribution in [3.05, 3.63) is 26.8 Å². The number of hydrogen-bond donors (Lipinski definition) is 1. The molecule has 3 nitrogen and oxygen atoms in total. The van der Waals surface area contributed by atoms with Crippen LogP contribution in [0.2, 0.25) is 5.02 Å². The largest absolute Gasteiger partial charge is 0.282 e. The van der Waals surface area contributed by atoms with Crippen molar-refractivity contribution >= 4 is 49.9 Å². The van der Waals surface area contributed by atoms with Crippen LogP contribution < -0.4 is 4.72 Å². The molecule has 1 fully saturated rings. The number of halogens is 2. The second-order valence-electron chi connectivity index (χ2n) is 4.18. The number of sulfonamides is 1. The molecule has 0 radical (unpaired) electrons. The Morgan fingerprint density at radius 1 is 1.29 bits per heavy atom. The molecule has 1 aromatic rings. The molecule has 1 aromatic carbocycles. The summed E-state index contributed by atoms with van der Waals surface area (Å²) < 4.78 is 27.7. The molecule has 0 aromatic heterocycles. The molecule has 0 aliphatic heterocycles. The lowest BCUT2D eigenvalue weighted by Gasteiger charge is -2.14. The third-order valence-corrected chi connectivity index (χ3v) is 5.91. The minimum Gasteiger partial charge on any atom is -0.282 e. The first-order chi connectivity index (χ1) is 7.99. The van der Waals surface area contributed by atoms with Gasteiger partial charge in [0.15, 0.2) is 0 Å². The summed E-state index contributed by atoms with van der Waals surface area (Å²) >= 11 is 7.91. The van der Waals surface area contributed by atoms with E-state index in [9.17, 15) is 8.42 Å². The highest BCUT2D eigenvalue weighted by molar-refractivity contribution is 14.1. The molecule has 1 saturated carbocycles. The first kappa shape index (κ1) is 13.4. The number of anilines is 1. The number of hydrogen-bond acceptors (Lipinski definition) is 2. The molecular formula is C11H13ClINO2S. The van der Waals surface area contributed by atoms with Gasteiger partial charge in [0.25, 0.3) is 0 Å². The number of rotatable bonds is 3. The van der Waals surface area contributed by atoms with E-state index in [2.05, 4.69) is 27.3 Å². The minimum absolute atomic E-state index is 0.242. The second kappa shape index (κ2) is 5.32. The Hall–Kier alpha value is -0.0100. The lowest BCUT2D eigenvalue weighted by Crippen LogP contribution is -2.25. The van der Waals surface area contributed by atoms with Crippen molar-refractivity contribution in [3.8, 4) is 0 Å². The Labute approximate surface area is 120 Å². The highest BCUT2D eigenvalue weighted by atomic mass is 127. The second-order valence-corrected chi connectivity index (χ2v) is 7.74. The molecular weight excluding hydrogens is 373 g/mol. The van der Waals surface area contributed by atoms with Crippen LogP contribution in [0.3, 0.4) is 0 Å². The normalized spacial score (nSPS) is 17.3. The van der Waals surface area contributed by atoms with Gasteiger partial charge < -0.3 is 0 Å². The zero-order chi connectivity index (χ0) is 12.5. The summed E-state index contributed by atoms with van der Waals surface area (Å²) in [4.78, 5) is 0. The van der Waals surface area contributed by atoms with Crippen molar-refractivity contribution in [2.24, 2.45) is 0 Å². The molecule has 1 aliphatic carbocycles. The Kier molecular flexibility index (Phi) is 4.20. The minimum atomic E-state index is -3.25. The van der Waals surface area contributed by atoms with Crippen molar-refractivity contribution in [1.82, 2.24) is 0 Å². The summed E-state index contributed by atoms with van der Waals surface area (Å²) in [5.41, 5.74) is 0.613. The maximum Gasteiger partial charge on any atom is 0.235 e. The molecule has 6 heteroatoms. The monoisotopic (exact) mass is 385 g/mol. The van der Waals surface area contributed by atoms with Crippen LogP contribution in [0.4, 0.5) is 5.69 Å². The summed E-state index contributed by atoms with van der Waals surface area (Å²) in [5.74, 6) is 0. The maximum atomic E-state index is 12.1. The zero-order valence-corrected chi connectivity index (χ0v) is 12.8. The van der Waals surface area contributed by atoms with Crippen LogP contribution in [0.15, 0.2) is 18.2 Å². The molecule has 0 bridgehead atoms. The Morgan fingerprint density at radius 2 is 1.94 bits per heavy atom. The third-order valence-electron chi connectivity index (χ3n) is 2.92. The molecule has 0 saturated heterocycles. The van der Waals surface area contributed by atoms with Crippen LogP contribution in [-0.2, 0) is 10.0 Å². The molecule has 0 unspecified atom stereocenters. The van der Waals surface area contributed by atoms with E-state index in [1.165, 1.54) is 0 Å². The van der Waals surface area contributed by atoms with E-state index in [1.54, 1.807) is 18.2 Å². The molecule has 1 N–H and O–H groups in total. The molecule has 2 rings (SSSR count). The Bertz CT molecular complexity index is 512. The maximum absolute atomic E-state index is 12.1. The van der Waals surface area contributed by atoms with Gasteiger partial charge in [-0.3, -0.25) is 4.72 Å². The molecule has 1 aliphatic rings. The first-order valence-electron chi connectivity index (χ1n) is 5.46. The van der Waals surface area contributed by atoms with Crippen molar-refractivity contribution in [2.45, 2.75) is 30.9 Å². The average Bonchev–Trinajstić information content (AvgIpc) is 2.76. The fourth-order valence-corrected chi connectivity index (χ4v) is 4.80. The third kappa shape index (κ3) is 3.26. The highest BCUT2D eigenvalue weighted by Crippen LogP contribution is 2.28. The van der Waals surface area contributed by atoms with E-state index in [0.717, 1.165) is 29.3 Å². The van der Waals surface area contributed by atoms with E-state index >= 15 is 0 Å². The van der Waals surface area contributed by atoms with Gasteiger partial charge in [-0.1, -0.05) is 24.4 Å². The van der Waals surface area contributed by atoms with Gasteiger partial charge in [0.1, 0.15) is 0 Å². The van der Waals surface area contributed by atoms with Crippen LogP contribution in [0, 0.1) is 3.57 Å². The van der Waals surface area contributed by atoms with Gasteiger partial charge in [-0.05, 0) is 53.6 Å². The van der Waals surface area contributed by atoms with Crippen molar-refractivity contribution in [1.29, 1.82) is 0 Å². The summed E-state index contributed by atoms with van der Waals surface area (Å²) in [7, 11) is -3.25. The molecule has 94 valence electrons. The van der Waals surface area contributed by atoms with Gasteiger partial charge in [0.2, 0.25) is 10.0 Å². The van der Waals surface area contributed by atoms with Gasteiger partial charge in [0.05, 0.1) is 10.9 Å². The lowest BCUT2D eigenvalue weighted by molar-refractivity contribution is 0.585. The predicted molar refractivity (Wildman–Crippen MR) is 79.0 cm³/mol. The molecule has 0 atom stereocenters. The molecule has 0 heterocycles. The fourth-order valence-electron chi connectivity index (χ4n) is 2.01. The van der Waals surface area contributed by atoms with Crippen molar-refractivity contribution < 1.29 is 8.42 Å². The zero-order valence-electron chi connectivity index (χ0n) is 9.12. The Balaban J connectivity index is 2.19. The predicted octanol–water partition coefficient (Wildman–Crippen LogP) is 3.63. The smallest absolute Gasteiger partial charge is 0.235 e. The quantitative estimate of drug-likeness (QED) is 0.808. The van der Waals surface area contributed by atoms with Gasteiger partial charge >= 0.3 is 0 Å². The van der Waals surface area contributed by atoms with Crippen molar-refractivity contribution in [3.63, 3.8) is 0 Å². The fraction of sp³-hybridized carbons (Fsp3) is 0.455. The van der Waals surface area contributed by atoms with Gasteiger partial charge in [-0.15, -0.1) is 0 Å². The number of nitrogens with one attached hydrogen (secondary N) is 1. The summed E-state index contributed by atoms with van der Waals surface area (Å²) in [6, 6.07) is 5.14.